The van der Waals surface area contributed by atoms with Crippen LogP contribution in [0.3, 0.4) is 0 Å². The quantitative estimate of drug-likeness (QED) is 0.558. The maximum atomic E-state index is 5.73. The Kier molecular flexibility index (Phi) is 5.81. The molecule has 2 saturated heterocycles. The summed E-state index contributed by atoms with van der Waals surface area (Å²) in [6.45, 7) is 3.78. The minimum Gasteiger partial charge on any atom is -0.373 e. The predicted molar refractivity (Wildman–Crippen MR) is 66.3 cm³/mol. The van der Waals surface area contributed by atoms with Gasteiger partial charge in [-0.05, 0) is 25.9 Å². The van der Waals surface area contributed by atoms with E-state index in [0.717, 1.165) is 12.8 Å². The third-order valence-corrected chi connectivity index (χ3v) is 3.32. The Bertz CT molecular complexity index is 218. The van der Waals surface area contributed by atoms with Crippen LogP contribution in [0.4, 0.5) is 0 Å². The lowest BCUT2D eigenvalue weighted by molar-refractivity contribution is -0.0503. The number of nitrogens with two attached hydrogens (primary N) is 2. The van der Waals surface area contributed by atoms with Gasteiger partial charge in [0.25, 0.3) is 0 Å². The Morgan fingerprint density at radius 1 is 0.833 bits per heavy atom. The third-order valence-electron chi connectivity index (χ3n) is 3.32. The number of ether oxygens (including phenoxy) is 4. The van der Waals surface area contributed by atoms with Crippen molar-refractivity contribution in [3.63, 3.8) is 0 Å². The molecule has 2 fully saturated rings. The number of rotatable bonds is 8. The van der Waals surface area contributed by atoms with Crippen molar-refractivity contribution in [2.45, 2.75) is 37.3 Å². The van der Waals surface area contributed by atoms with Crippen molar-refractivity contribution in [3.8, 4) is 0 Å². The van der Waals surface area contributed by atoms with Crippen LogP contribution in [0.5, 0.6) is 0 Å². The molecular formula is C12H24N2O4. The SMILES string of the molecule is NCCCO[C@@H]1CO[C@H]2[C@H]1OC[C@H]2OCCCN. The maximum Gasteiger partial charge on any atom is 0.115 e. The van der Waals surface area contributed by atoms with Gasteiger partial charge in [-0.3, -0.25) is 0 Å². The highest BCUT2D eigenvalue weighted by atomic mass is 16.6. The van der Waals surface area contributed by atoms with Gasteiger partial charge < -0.3 is 30.4 Å². The summed E-state index contributed by atoms with van der Waals surface area (Å²) in [6, 6.07) is 0. The molecule has 2 aliphatic heterocycles. The van der Waals surface area contributed by atoms with Crippen LogP contribution in [0.15, 0.2) is 0 Å². The molecule has 0 saturated carbocycles. The standard InChI is InChI=1S/C12H24N2O4/c13-3-1-5-15-9-7-17-12-10(8-18-11(9)12)16-6-2-4-14/h9-12H,1-8,13-14H2/t9-,10-,11-,12+/m1/s1. The summed E-state index contributed by atoms with van der Waals surface area (Å²) in [4.78, 5) is 0. The molecule has 4 atom stereocenters. The van der Waals surface area contributed by atoms with Crippen molar-refractivity contribution in [1.82, 2.24) is 0 Å². The van der Waals surface area contributed by atoms with Crippen LogP contribution in [0.1, 0.15) is 12.8 Å². The van der Waals surface area contributed by atoms with E-state index in [4.69, 9.17) is 30.4 Å². The summed E-state index contributed by atoms with van der Waals surface area (Å²) in [6.07, 6.45) is 1.78. The molecule has 0 aromatic carbocycles. The summed E-state index contributed by atoms with van der Waals surface area (Å²) >= 11 is 0. The molecule has 6 nitrogen and oxygen atoms in total. The van der Waals surface area contributed by atoms with Crippen molar-refractivity contribution >= 4 is 0 Å². The first kappa shape index (κ1) is 14.2. The molecule has 18 heavy (non-hydrogen) atoms. The van der Waals surface area contributed by atoms with E-state index in [-0.39, 0.29) is 24.4 Å². The van der Waals surface area contributed by atoms with Crippen LogP contribution in [-0.2, 0) is 18.9 Å². The van der Waals surface area contributed by atoms with E-state index in [1.165, 1.54) is 0 Å². The molecule has 2 rings (SSSR count). The second-order valence-electron chi connectivity index (χ2n) is 4.70. The van der Waals surface area contributed by atoms with E-state index >= 15 is 0 Å². The summed E-state index contributed by atoms with van der Waals surface area (Å²) in [5.74, 6) is 0. The van der Waals surface area contributed by atoms with Crippen LogP contribution in [0, 0.1) is 0 Å². The average Bonchev–Trinajstić information content (AvgIpc) is 2.94. The Morgan fingerprint density at radius 3 is 1.67 bits per heavy atom. The molecular weight excluding hydrogens is 236 g/mol. The fourth-order valence-corrected chi connectivity index (χ4v) is 2.35. The second kappa shape index (κ2) is 7.37. The van der Waals surface area contributed by atoms with E-state index in [2.05, 4.69) is 0 Å². The van der Waals surface area contributed by atoms with Gasteiger partial charge in [-0.15, -0.1) is 0 Å². The van der Waals surface area contributed by atoms with Gasteiger partial charge in [-0.1, -0.05) is 0 Å². The Balaban J connectivity index is 1.72. The molecule has 106 valence electrons. The average molecular weight is 260 g/mol. The van der Waals surface area contributed by atoms with Gasteiger partial charge in [0.2, 0.25) is 0 Å². The van der Waals surface area contributed by atoms with Crippen molar-refractivity contribution < 1.29 is 18.9 Å². The first-order valence-corrected chi connectivity index (χ1v) is 6.73. The van der Waals surface area contributed by atoms with Crippen LogP contribution in [-0.4, -0.2) is 63.9 Å². The topological polar surface area (TPSA) is 89.0 Å². The lowest BCUT2D eigenvalue weighted by atomic mass is 10.1. The summed E-state index contributed by atoms with van der Waals surface area (Å²) in [7, 11) is 0. The molecule has 2 aliphatic rings. The predicted octanol–water partition coefficient (Wildman–Crippen LogP) is -0.748. The molecule has 2 heterocycles. The normalized spacial score (nSPS) is 35.0. The molecule has 0 spiro atoms. The van der Waals surface area contributed by atoms with Gasteiger partial charge in [0, 0.05) is 13.2 Å². The van der Waals surface area contributed by atoms with Gasteiger partial charge >= 0.3 is 0 Å². The number of hydrogen-bond donors (Lipinski definition) is 2. The maximum absolute atomic E-state index is 5.73. The third kappa shape index (κ3) is 3.40. The van der Waals surface area contributed by atoms with Crippen molar-refractivity contribution in [2.75, 3.05) is 39.5 Å². The van der Waals surface area contributed by atoms with E-state index in [9.17, 15) is 0 Å². The fraction of sp³-hybridized carbons (Fsp3) is 1.00. The van der Waals surface area contributed by atoms with Gasteiger partial charge in [0.05, 0.1) is 13.2 Å². The number of fused-ring (bicyclic) bond motifs is 1. The highest BCUT2D eigenvalue weighted by molar-refractivity contribution is 4.95. The van der Waals surface area contributed by atoms with Gasteiger partial charge in [0.1, 0.15) is 24.4 Å². The van der Waals surface area contributed by atoms with E-state index in [1.807, 2.05) is 0 Å². The molecule has 4 N–H and O–H groups in total. The van der Waals surface area contributed by atoms with E-state index < -0.39 is 0 Å². The van der Waals surface area contributed by atoms with Crippen molar-refractivity contribution in [1.29, 1.82) is 0 Å². The van der Waals surface area contributed by atoms with Gasteiger partial charge in [-0.25, -0.2) is 0 Å². The fourth-order valence-electron chi connectivity index (χ4n) is 2.35. The molecule has 0 aromatic heterocycles. The van der Waals surface area contributed by atoms with Gasteiger partial charge in [0.15, 0.2) is 0 Å². The Labute approximate surface area is 108 Å². The smallest absolute Gasteiger partial charge is 0.115 e. The zero-order chi connectivity index (χ0) is 12.8. The van der Waals surface area contributed by atoms with Crippen LogP contribution < -0.4 is 11.5 Å². The minimum absolute atomic E-state index is 0.00523. The van der Waals surface area contributed by atoms with Crippen LogP contribution in [0.25, 0.3) is 0 Å². The van der Waals surface area contributed by atoms with E-state index in [0.29, 0.717) is 39.5 Å². The minimum atomic E-state index is 0.00523. The summed E-state index contributed by atoms with van der Waals surface area (Å²) in [5, 5.41) is 0. The highest BCUT2D eigenvalue weighted by Crippen LogP contribution is 2.30. The highest BCUT2D eigenvalue weighted by Gasteiger charge is 2.48. The Morgan fingerprint density at radius 2 is 1.28 bits per heavy atom. The molecule has 0 aromatic rings. The monoisotopic (exact) mass is 260 g/mol. The molecule has 0 radical (unpaired) electrons. The largest absolute Gasteiger partial charge is 0.373 e. The molecule has 0 bridgehead atoms. The summed E-state index contributed by atoms with van der Waals surface area (Å²) in [5.41, 5.74) is 10.9. The molecule has 6 heteroatoms. The molecule has 0 aliphatic carbocycles. The zero-order valence-electron chi connectivity index (χ0n) is 10.8. The Hall–Kier alpha value is -0.240. The lowest BCUT2D eigenvalue weighted by Crippen LogP contribution is -2.34. The second-order valence-corrected chi connectivity index (χ2v) is 4.70. The zero-order valence-corrected chi connectivity index (χ0v) is 10.8. The first-order valence-electron chi connectivity index (χ1n) is 6.73. The van der Waals surface area contributed by atoms with Crippen LogP contribution >= 0.6 is 0 Å². The summed E-state index contributed by atoms with van der Waals surface area (Å²) < 4.78 is 22.9. The van der Waals surface area contributed by atoms with Gasteiger partial charge in [-0.2, -0.15) is 0 Å². The molecule has 0 amide bonds. The molecule has 0 unspecified atom stereocenters. The number of hydrogen-bond acceptors (Lipinski definition) is 6. The van der Waals surface area contributed by atoms with E-state index in [1.54, 1.807) is 0 Å². The van der Waals surface area contributed by atoms with Crippen LogP contribution in [0.2, 0.25) is 0 Å². The lowest BCUT2D eigenvalue weighted by Gasteiger charge is -2.17. The van der Waals surface area contributed by atoms with Crippen molar-refractivity contribution in [3.05, 3.63) is 0 Å². The first-order chi connectivity index (χ1) is 8.86. The van der Waals surface area contributed by atoms with Crippen molar-refractivity contribution in [2.24, 2.45) is 11.5 Å².